The minimum atomic E-state index is -0.0342. The fourth-order valence-corrected chi connectivity index (χ4v) is 1.47. The lowest BCUT2D eigenvalue weighted by Gasteiger charge is -2.09. The Labute approximate surface area is 102 Å². The molecule has 0 fully saturated rings. The first-order valence-corrected chi connectivity index (χ1v) is 5.75. The highest BCUT2D eigenvalue weighted by atomic mass is 16.2. The van der Waals surface area contributed by atoms with Gasteiger partial charge in [0, 0.05) is 20.3 Å². The second-order valence-corrected chi connectivity index (χ2v) is 3.78. The molecule has 0 aromatic carbocycles. The first-order chi connectivity index (χ1) is 8.09. The highest BCUT2D eigenvalue weighted by molar-refractivity contribution is 5.92. The standard InChI is InChI=1S/C11H13N3O.C2H6/c1-8-4-5-10-12-6-9(14(10)7-8)11(15)13(2)3;1-2/h4-7H,1-3H3;1-2H3. The molecule has 2 heterocycles. The summed E-state index contributed by atoms with van der Waals surface area (Å²) in [6.45, 7) is 5.99. The van der Waals surface area contributed by atoms with Crippen LogP contribution in [-0.2, 0) is 0 Å². The van der Waals surface area contributed by atoms with Crippen LogP contribution < -0.4 is 0 Å². The average molecular weight is 233 g/mol. The molecule has 4 nitrogen and oxygen atoms in total. The number of pyridine rings is 1. The summed E-state index contributed by atoms with van der Waals surface area (Å²) in [5.74, 6) is -0.0342. The predicted octanol–water partition coefficient (Wildman–Crippen LogP) is 2.37. The highest BCUT2D eigenvalue weighted by Crippen LogP contribution is 2.09. The molecule has 17 heavy (non-hydrogen) atoms. The van der Waals surface area contributed by atoms with Gasteiger partial charge in [-0.25, -0.2) is 4.98 Å². The maximum atomic E-state index is 11.8. The minimum absolute atomic E-state index is 0.0342. The Kier molecular flexibility index (Phi) is 4.26. The summed E-state index contributed by atoms with van der Waals surface area (Å²) in [5, 5.41) is 0. The quantitative estimate of drug-likeness (QED) is 0.758. The Morgan fingerprint density at radius 3 is 2.53 bits per heavy atom. The molecule has 0 aliphatic heterocycles. The number of carbonyl (C=O) groups is 1. The van der Waals surface area contributed by atoms with Crippen LogP contribution in [0.2, 0.25) is 0 Å². The van der Waals surface area contributed by atoms with Gasteiger partial charge in [-0.3, -0.25) is 9.20 Å². The van der Waals surface area contributed by atoms with Crippen LogP contribution in [0, 0.1) is 6.92 Å². The lowest BCUT2D eigenvalue weighted by molar-refractivity contribution is 0.0821. The van der Waals surface area contributed by atoms with Crippen molar-refractivity contribution in [2.24, 2.45) is 0 Å². The first kappa shape index (κ1) is 13.2. The number of aryl methyl sites for hydroxylation is 1. The van der Waals surface area contributed by atoms with Crippen LogP contribution in [0.1, 0.15) is 29.9 Å². The van der Waals surface area contributed by atoms with Gasteiger partial charge >= 0.3 is 0 Å². The molecule has 0 spiro atoms. The van der Waals surface area contributed by atoms with Crippen molar-refractivity contribution in [2.75, 3.05) is 14.1 Å². The van der Waals surface area contributed by atoms with Crippen LogP contribution in [-0.4, -0.2) is 34.3 Å². The van der Waals surface area contributed by atoms with E-state index >= 15 is 0 Å². The van der Waals surface area contributed by atoms with Gasteiger partial charge in [0.1, 0.15) is 11.3 Å². The summed E-state index contributed by atoms with van der Waals surface area (Å²) in [4.78, 5) is 17.5. The molecule has 4 heteroatoms. The van der Waals surface area contributed by atoms with Gasteiger partial charge in [0.15, 0.2) is 0 Å². The molecule has 0 atom stereocenters. The van der Waals surface area contributed by atoms with E-state index in [0.717, 1.165) is 11.2 Å². The molecule has 0 saturated heterocycles. The van der Waals surface area contributed by atoms with E-state index < -0.39 is 0 Å². The number of carbonyl (C=O) groups excluding carboxylic acids is 1. The lowest BCUT2D eigenvalue weighted by Crippen LogP contribution is -2.23. The van der Waals surface area contributed by atoms with E-state index in [-0.39, 0.29) is 5.91 Å². The summed E-state index contributed by atoms with van der Waals surface area (Å²) in [7, 11) is 3.47. The minimum Gasteiger partial charge on any atom is -0.343 e. The number of hydrogen-bond donors (Lipinski definition) is 0. The Bertz CT molecular complexity index is 514. The number of amides is 1. The topological polar surface area (TPSA) is 37.6 Å². The average Bonchev–Trinajstić information content (AvgIpc) is 2.73. The maximum Gasteiger partial charge on any atom is 0.271 e. The molecule has 0 aliphatic carbocycles. The Hall–Kier alpha value is -1.84. The van der Waals surface area contributed by atoms with Gasteiger partial charge in [-0.15, -0.1) is 0 Å². The molecule has 0 aliphatic rings. The number of fused-ring (bicyclic) bond motifs is 1. The van der Waals surface area contributed by atoms with Crippen molar-refractivity contribution >= 4 is 11.6 Å². The number of rotatable bonds is 1. The zero-order chi connectivity index (χ0) is 13.0. The van der Waals surface area contributed by atoms with Crippen molar-refractivity contribution in [3.8, 4) is 0 Å². The van der Waals surface area contributed by atoms with Crippen molar-refractivity contribution < 1.29 is 4.79 Å². The third-order valence-electron chi connectivity index (χ3n) is 2.28. The Morgan fingerprint density at radius 2 is 1.94 bits per heavy atom. The molecule has 0 radical (unpaired) electrons. The predicted molar refractivity (Wildman–Crippen MR) is 69.3 cm³/mol. The molecule has 0 N–H and O–H groups in total. The molecular weight excluding hydrogens is 214 g/mol. The van der Waals surface area contributed by atoms with Crippen LogP contribution in [0.15, 0.2) is 24.5 Å². The Balaban J connectivity index is 0.000000686. The SMILES string of the molecule is CC.Cc1ccc2ncc(C(=O)N(C)C)n2c1. The second-order valence-electron chi connectivity index (χ2n) is 3.78. The summed E-state index contributed by atoms with van der Waals surface area (Å²) in [6, 6.07) is 3.88. The van der Waals surface area contributed by atoms with Gasteiger partial charge in [-0.05, 0) is 18.6 Å². The van der Waals surface area contributed by atoms with Crippen molar-refractivity contribution in [1.29, 1.82) is 0 Å². The zero-order valence-corrected chi connectivity index (χ0v) is 11.1. The molecule has 0 saturated carbocycles. The van der Waals surface area contributed by atoms with Crippen molar-refractivity contribution in [2.45, 2.75) is 20.8 Å². The van der Waals surface area contributed by atoms with Crippen LogP contribution in [0.25, 0.3) is 5.65 Å². The van der Waals surface area contributed by atoms with Crippen LogP contribution >= 0.6 is 0 Å². The monoisotopic (exact) mass is 233 g/mol. The van der Waals surface area contributed by atoms with Crippen molar-refractivity contribution in [1.82, 2.24) is 14.3 Å². The molecule has 1 amide bonds. The third-order valence-corrected chi connectivity index (χ3v) is 2.28. The number of imidazole rings is 1. The largest absolute Gasteiger partial charge is 0.343 e. The number of nitrogens with zero attached hydrogens (tertiary/aromatic N) is 3. The van der Waals surface area contributed by atoms with Gasteiger partial charge in [0.2, 0.25) is 0 Å². The van der Waals surface area contributed by atoms with Gasteiger partial charge in [-0.2, -0.15) is 0 Å². The van der Waals surface area contributed by atoms with E-state index in [1.165, 1.54) is 0 Å². The third kappa shape index (κ3) is 2.64. The second kappa shape index (κ2) is 5.48. The molecule has 92 valence electrons. The Morgan fingerprint density at radius 1 is 1.29 bits per heavy atom. The van der Waals surface area contributed by atoms with Crippen molar-refractivity contribution in [3.05, 3.63) is 35.8 Å². The molecule has 2 rings (SSSR count). The number of aromatic nitrogens is 2. The molecule has 0 bridgehead atoms. The van der Waals surface area contributed by atoms with E-state index in [0.29, 0.717) is 5.69 Å². The lowest BCUT2D eigenvalue weighted by atomic mass is 10.3. The summed E-state index contributed by atoms with van der Waals surface area (Å²) in [5.41, 5.74) is 2.50. The maximum absolute atomic E-state index is 11.8. The fourth-order valence-electron chi connectivity index (χ4n) is 1.47. The van der Waals surface area contributed by atoms with Crippen LogP contribution in [0.5, 0.6) is 0 Å². The fraction of sp³-hybridized carbons (Fsp3) is 0.385. The summed E-state index contributed by atoms with van der Waals surface area (Å²) in [6.07, 6.45) is 3.52. The summed E-state index contributed by atoms with van der Waals surface area (Å²) < 4.78 is 1.82. The van der Waals surface area contributed by atoms with E-state index in [1.807, 2.05) is 43.5 Å². The van der Waals surface area contributed by atoms with E-state index in [4.69, 9.17) is 0 Å². The normalized spacial score (nSPS) is 9.71. The first-order valence-electron chi connectivity index (χ1n) is 5.75. The van der Waals surface area contributed by atoms with Gasteiger partial charge in [0.25, 0.3) is 5.91 Å². The van der Waals surface area contributed by atoms with Gasteiger partial charge in [-0.1, -0.05) is 19.9 Å². The summed E-state index contributed by atoms with van der Waals surface area (Å²) >= 11 is 0. The number of hydrogen-bond acceptors (Lipinski definition) is 2. The van der Waals surface area contributed by atoms with Crippen LogP contribution in [0.4, 0.5) is 0 Å². The van der Waals surface area contributed by atoms with E-state index in [2.05, 4.69) is 4.98 Å². The smallest absolute Gasteiger partial charge is 0.271 e. The molecular formula is C13H19N3O. The van der Waals surface area contributed by atoms with E-state index in [9.17, 15) is 4.79 Å². The van der Waals surface area contributed by atoms with Gasteiger partial charge in [0.05, 0.1) is 6.20 Å². The van der Waals surface area contributed by atoms with E-state index in [1.54, 1.807) is 25.2 Å². The zero-order valence-electron chi connectivity index (χ0n) is 11.1. The highest BCUT2D eigenvalue weighted by Gasteiger charge is 2.13. The molecule has 2 aromatic rings. The molecule has 2 aromatic heterocycles. The molecule has 0 unspecified atom stereocenters. The van der Waals surface area contributed by atoms with Crippen LogP contribution in [0.3, 0.4) is 0 Å². The van der Waals surface area contributed by atoms with Crippen molar-refractivity contribution in [3.63, 3.8) is 0 Å². The van der Waals surface area contributed by atoms with Gasteiger partial charge < -0.3 is 4.90 Å².